The summed E-state index contributed by atoms with van der Waals surface area (Å²) in [7, 11) is -3.53. The van der Waals surface area contributed by atoms with Crippen molar-refractivity contribution in [2.75, 3.05) is 18.8 Å². The van der Waals surface area contributed by atoms with Gasteiger partial charge in [-0.25, -0.2) is 18.2 Å². The molecule has 1 aromatic rings. The lowest BCUT2D eigenvalue weighted by Crippen LogP contribution is -2.36. The van der Waals surface area contributed by atoms with E-state index in [1.54, 1.807) is 11.0 Å². The van der Waals surface area contributed by atoms with Crippen molar-refractivity contribution in [3.05, 3.63) is 19.0 Å². The van der Waals surface area contributed by atoms with Crippen molar-refractivity contribution < 1.29 is 13.2 Å². The molecule has 0 saturated carbocycles. The Morgan fingerprint density at radius 2 is 2.00 bits per heavy atom. The molecule has 0 aliphatic heterocycles. The van der Waals surface area contributed by atoms with Crippen molar-refractivity contribution in [1.29, 1.82) is 0 Å². The van der Waals surface area contributed by atoms with Crippen LogP contribution in [0.1, 0.15) is 46.0 Å². The number of sulfone groups is 1. The Bertz CT molecular complexity index is 610. The van der Waals surface area contributed by atoms with Gasteiger partial charge in [0.25, 0.3) is 5.16 Å². The van der Waals surface area contributed by atoms with E-state index in [1.807, 2.05) is 6.92 Å². The Hall–Kier alpha value is -1.70. The molecule has 1 amide bonds. The van der Waals surface area contributed by atoms with Gasteiger partial charge < -0.3 is 4.90 Å². The molecule has 1 rings (SSSR count). The number of amides is 1. The van der Waals surface area contributed by atoms with Gasteiger partial charge >= 0.3 is 6.03 Å². The lowest BCUT2D eigenvalue weighted by atomic mass is 10.2. The van der Waals surface area contributed by atoms with Gasteiger partial charge in [-0.05, 0) is 12.8 Å². The third-order valence-corrected chi connectivity index (χ3v) is 4.93. The van der Waals surface area contributed by atoms with Gasteiger partial charge in [0.1, 0.15) is 6.33 Å². The number of carbonyl (C=O) groups is 1. The van der Waals surface area contributed by atoms with Crippen LogP contribution in [0.3, 0.4) is 0 Å². The minimum absolute atomic E-state index is 0.00538. The second-order valence-corrected chi connectivity index (χ2v) is 7.37. The summed E-state index contributed by atoms with van der Waals surface area (Å²) < 4.78 is 25.1. The number of hydrogen-bond donors (Lipinski definition) is 0. The second-order valence-electron chi connectivity index (χ2n) is 5.37. The third-order valence-electron chi connectivity index (χ3n) is 3.36. The van der Waals surface area contributed by atoms with Crippen LogP contribution in [0.25, 0.3) is 0 Å². The van der Waals surface area contributed by atoms with Crippen LogP contribution in [0, 0.1) is 0 Å². The number of hydrogen-bond acceptors (Lipinski definition) is 5. The molecule has 8 heteroatoms. The summed E-state index contributed by atoms with van der Waals surface area (Å²) in [5, 5.41) is 3.57. The highest BCUT2D eigenvalue weighted by Gasteiger charge is 2.22. The summed E-state index contributed by atoms with van der Waals surface area (Å²) >= 11 is 0. The Kier molecular flexibility index (Phi) is 7.94. The van der Waals surface area contributed by atoms with Crippen molar-refractivity contribution in [2.24, 2.45) is 0 Å². The van der Waals surface area contributed by atoms with Crippen LogP contribution in [0.4, 0.5) is 4.79 Å². The lowest BCUT2D eigenvalue weighted by Gasteiger charge is -2.20. The Labute approximate surface area is 138 Å². The molecule has 0 unspecified atom stereocenters. The smallest absolute Gasteiger partial charge is 0.319 e. The van der Waals surface area contributed by atoms with Crippen molar-refractivity contribution >= 4 is 15.9 Å². The fraction of sp³-hybridized carbons (Fsp3) is 0.667. The van der Waals surface area contributed by atoms with Crippen LogP contribution < -0.4 is 0 Å². The molecule has 0 spiro atoms. The predicted molar refractivity (Wildman–Crippen MR) is 89.1 cm³/mol. The highest BCUT2D eigenvalue weighted by Crippen LogP contribution is 2.08. The van der Waals surface area contributed by atoms with Gasteiger partial charge in [0.05, 0.1) is 5.75 Å². The molecule has 0 radical (unpaired) electrons. The molecule has 1 aromatic heterocycles. The van der Waals surface area contributed by atoms with E-state index in [4.69, 9.17) is 0 Å². The fourth-order valence-electron chi connectivity index (χ4n) is 2.03. The average molecular weight is 342 g/mol. The normalized spacial score (nSPS) is 11.4. The van der Waals surface area contributed by atoms with Crippen LogP contribution >= 0.6 is 0 Å². The molecule has 7 nitrogen and oxygen atoms in total. The van der Waals surface area contributed by atoms with Gasteiger partial charge in [-0.2, -0.15) is 4.68 Å². The van der Waals surface area contributed by atoms with E-state index in [2.05, 4.69) is 23.6 Å². The first-order valence-corrected chi connectivity index (χ1v) is 9.66. The van der Waals surface area contributed by atoms with E-state index in [0.717, 1.165) is 36.7 Å². The van der Waals surface area contributed by atoms with E-state index in [0.29, 0.717) is 19.5 Å². The zero-order valence-corrected chi connectivity index (χ0v) is 14.8. The topological polar surface area (TPSA) is 85.2 Å². The number of aromatic nitrogens is 3. The van der Waals surface area contributed by atoms with Crippen LogP contribution in [0.15, 0.2) is 24.1 Å². The monoisotopic (exact) mass is 342 g/mol. The maximum atomic E-state index is 12.4. The van der Waals surface area contributed by atoms with Crippen LogP contribution in [-0.4, -0.2) is 53.0 Å². The van der Waals surface area contributed by atoms with E-state index in [9.17, 15) is 13.2 Å². The van der Waals surface area contributed by atoms with E-state index in [-0.39, 0.29) is 16.9 Å². The molecule has 0 aromatic carbocycles. The first-order valence-electron chi connectivity index (χ1n) is 8.00. The van der Waals surface area contributed by atoms with Crippen LogP contribution in [0.2, 0.25) is 0 Å². The van der Waals surface area contributed by atoms with E-state index < -0.39 is 9.84 Å². The zero-order valence-electron chi connectivity index (χ0n) is 13.9. The first kappa shape index (κ1) is 19.3. The van der Waals surface area contributed by atoms with E-state index in [1.165, 1.54) is 0 Å². The lowest BCUT2D eigenvalue weighted by molar-refractivity contribution is 0.200. The number of rotatable bonds is 10. The number of carbonyl (C=O) groups excluding carboxylic acids is 1. The summed E-state index contributed by atoms with van der Waals surface area (Å²) in [6.07, 6.45) is 7.07. The standard InChI is InChI=1S/C15H26N4O3S/c1-4-7-9-11-18(10-6-3)15(20)19-13-16-14(17-19)23(21,22)12-8-5-2/h6,13H,3-5,7-12H2,1-2H3. The van der Waals surface area contributed by atoms with Gasteiger partial charge in [0.2, 0.25) is 9.84 Å². The van der Waals surface area contributed by atoms with Gasteiger partial charge in [0.15, 0.2) is 0 Å². The molecule has 0 saturated heterocycles. The fourth-order valence-corrected chi connectivity index (χ4v) is 3.30. The maximum Gasteiger partial charge on any atom is 0.346 e. The summed E-state index contributed by atoms with van der Waals surface area (Å²) in [6, 6.07) is -0.384. The molecule has 23 heavy (non-hydrogen) atoms. The molecule has 0 bridgehead atoms. The summed E-state index contributed by atoms with van der Waals surface area (Å²) in [6.45, 7) is 8.62. The van der Waals surface area contributed by atoms with Crippen molar-refractivity contribution in [1.82, 2.24) is 19.7 Å². The Morgan fingerprint density at radius 1 is 1.30 bits per heavy atom. The summed E-state index contributed by atoms with van der Waals surface area (Å²) in [4.78, 5) is 17.8. The number of nitrogens with zero attached hydrogens (tertiary/aromatic N) is 4. The highest BCUT2D eigenvalue weighted by atomic mass is 32.2. The Balaban J connectivity index is 2.84. The zero-order chi connectivity index (χ0) is 17.3. The summed E-state index contributed by atoms with van der Waals surface area (Å²) in [5.41, 5.74) is 0. The quantitative estimate of drug-likeness (QED) is 0.482. The van der Waals surface area contributed by atoms with Crippen molar-refractivity contribution in [3.8, 4) is 0 Å². The minimum Gasteiger partial charge on any atom is -0.319 e. The van der Waals surface area contributed by atoms with Gasteiger partial charge in [-0.3, -0.25) is 0 Å². The molecule has 1 heterocycles. The maximum absolute atomic E-state index is 12.4. The molecule has 0 aliphatic rings. The largest absolute Gasteiger partial charge is 0.346 e. The van der Waals surface area contributed by atoms with Gasteiger partial charge in [-0.1, -0.05) is 39.2 Å². The first-order chi connectivity index (χ1) is 11.0. The van der Waals surface area contributed by atoms with E-state index >= 15 is 0 Å². The molecule has 0 aliphatic carbocycles. The predicted octanol–water partition coefficient (Wildman–Crippen LogP) is 2.50. The molecule has 0 fully saturated rings. The van der Waals surface area contributed by atoms with Crippen LogP contribution in [0.5, 0.6) is 0 Å². The van der Waals surface area contributed by atoms with Crippen molar-refractivity contribution in [2.45, 2.75) is 51.1 Å². The van der Waals surface area contributed by atoms with Crippen molar-refractivity contribution in [3.63, 3.8) is 0 Å². The minimum atomic E-state index is -3.53. The molecule has 0 atom stereocenters. The molecule has 0 N–H and O–H groups in total. The third kappa shape index (κ3) is 5.78. The van der Waals surface area contributed by atoms with Gasteiger partial charge in [-0.15, -0.1) is 11.7 Å². The van der Waals surface area contributed by atoms with Crippen LogP contribution in [-0.2, 0) is 9.84 Å². The molecule has 130 valence electrons. The number of unbranched alkanes of at least 4 members (excludes halogenated alkanes) is 3. The SMILES string of the molecule is C=CCN(CCCCC)C(=O)n1cnc(S(=O)(=O)CCCC)n1. The average Bonchev–Trinajstić information content (AvgIpc) is 3.02. The molecular formula is C15H26N4O3S. The highest BCUT2D eigenvalue weighted by molar-refractivity contribution is 7.91. The van der Waals surface area contributed by atoms with Gasteiger partial charge in [0, 0.05) is 13.1 Å². The summed E-state index contributed by atoms with van der Waals surface area (Å²) in [5.74, 6) is -0.00538. The Morgan fingerprint density at radius 3 is 2.61 bits per heavy atom. The second kappa shape index (κ2) is 9.44. The molecular weight excluding hydrogens is 316 g/mol.